The first-order valence-corrected chi connectivity index (χ1v) is 10.3. The lowest BCUT2D eigenvalue weighted by atomic mass is 10.0. The number of fused-ring (bicyclic) bond motifs is 1. The minimum absolute atomic E-state index is 0.0242. The predicted octanol–water partition coefficient (Wildman–Crippen LogP) is 2.72. The van der Waals surface area contributed by atoms with Crippen molar-refractivity contribution in [2.75, 3.05) is 37.7 Å². The summed E-state index contributed by atoms with van der Waals surface area (Å²) < 4.78 is 10.8. The average Bonchev–Trinajstić information content (AvgIpc) is 3.27. The summed E-state index contributed by atoms with van der Waals surface area (Å²) in [6, 6.07) is 11.9. The lowest BCUT2D eigenvalue weighted by molar-refractivity contribution is -0.117. The molecule has 3 rings (SSSR count). The third-order valence-corrected chi connectivity index (χ3v) is 4.71. The first-order valence-electron chi connectivity index (χ1n) is 10.3. The molecule has 0 radical (unpaired) electrons. The number of benzene rings is 1. The number of anilines is 1. The molecule has 0 unspecified atom stereocenters. The molecular weight excluding hydrogens is 368 g/mol. The van der Waals surface area contributed by atoms with Gasteiger partial charge >= 0.3 is 0 Å². The van der Waals surface area contributed by atoms with Gasteiger partial charge in [-0.2, -0.15) is 0 Å². The van der Waals surface area contributed by atoms with Crippen molar-refractivity contribution in [1.29, 1.82) is 0 Å². The number of aryl methyl sites for hydroxylation is 1. The maximum atomic E-state index is 12.7. The lowest BCUT2D eigenvalue weighted by Crippen LogP contribution is -2.41. The molecule has 1 aromatic carbocycles. The molecule has 29 heavy (non-hydrogen) atoms. The number of hydrogen-bond donors (Lipinski definition) is 2. The van der Waals surface area contributed by atoms with E-state index in [0.717, 1.165) is 43.8 Å². The van der Waals surface area contributed by atoms with Crippen molar-refractivity contribution in [2.45, 2.75) is 32.8 Å². The summed E-state index contributed by atoms with van der Waals surface area (Å²) in [4.78, 5) is 19.1. The SMILES string of the molecule is CCNC(=NCC(=O)N1CCCc2ccccc21)NCCCOCc1ccco1. The van der Waals surface area contributed by atoms with Gasteiger partial charge in [0.1, 0.15) is 18.9 Å². The van der Waals surface area contributed by atoms with Crippen molar-refractivity contribution in [3.8, 4) is 0 Å². The quantitative estimate of drug-likeness (QED) is 0.386. The molecule has 156 valence electrons. The third kappa shape index (κ3) is 6.35. The zero-order valence-corrected chi connectivity index (χ0v) is 17.0. The first-order chi connectivity index (χ1) is 14.3. The highest BCUT2D eigenvalue weighted by Gasteiger charge is 2.21. The van der Waals surface area contributed by atoms with Crippen LogP contribution in [0.1, 0.15) is 31.1 Å². The molecule has 1 aliphatic rings. The molecule has 0 bridgehead atoms. The second kappa shape index (κ2) is 11.3. The Labute approximate surface area is 172 Å². The summed E-state index contributed by atoms with van der Waals surface area (Å²) in [6.45, 7) is 5.43. The van der Waals surface area contributed by atoms with Crippen LogP contribution in [0.5, 0.6) is 0 Å². The van der Waals surface area contributed by atoms with E-state index in [4.69, 9.17) is 9.15 Å². The molecule has 2 aromatic rings. The van der Waals surface area contributed by atoms with Crippen LogP contribution in [-0.2, 0) is 22.6 Å². The Kier molecular flexibility index (Phi) is 8.12. The average molecular weight is 399 g/mol. The van der Waals surface area contributed by atoms with Gasteiger partial charge in [-0.15, -0.1) is 0 Å². The minimum Gasteiger partial charge on any atom is -0.467 e. The van der Waals surface area contributed by atoms with Crippen LogP contribution in [0.15, 0.2) is 52.1 Å². The van der Waals surface area contributed by atoms with E-state index in [-0.39, 0.29) is 12.5 Å². The van der Waals surface area contributed by atoms with Gasteiger partial charge in [0, 0.05) is 31.9 Å². The molecule has 7 nitrogen and oxygen atoms in total. The van der Waals surface area contributed by atoms with Crippen molar-refractivity contribution in [3.05, 3.63) is 54.0 Å². The van der Waals surface area contributed by atoms with Gasteiger partial charge in [-0.25, -0.2) is 4.99 Å². The Morgan fingerprint density at radius 1 is 1.24 bits per heavy atom. The number of furan rings is 1. The number of nitrogens with one attached hydrogen (secondary N) is 2. The van der Waals surface area contributed by atoms with Gasteiger partial charge in [0.2, 0.25) is 5.91 Å². The van der Waals surface area contributed by atoms with E-state index in [1.165, 1.54) is 5.56 Å². The smallest absolute Gasteiger partial charge is 0.248 e. The zero-order valence-electron chi connectivity index (χ0n) is 17.0. The highest BCUT2D eigenvalue weighted by Crippen LogP contribution is 2.26. The van der Waals surface area contributed by atoms with E-state index < -0.39 is 0 Å². The normalized spacial score (nSPS) is 13.8. The van der Waals surface area contributed by atoms with Gasteiger partial charge in [-0.05, 0) is 49.9 Å². The molecule has 1 amide bonds. The van der Waals surface area contributed by atoms with Crippen LogP contribution in [0, 0.1) is 0 Å². The van der Waals surface area contributed by atoms with Crippen molar-refractivity contribution < 1.29 is 13.9 Å². The number of ether oxygens (including phenoxy) is 1. The molecule has 2 N–H and O–H groups in total. The van der Waals surface area contributed by atoms with Crippen molar-refractivity contribution in [1.82, 2.24) is 10.6 Å². The fraction of sp³-hybridized carbons (Fsp3) is 0.455. The van der Waals surface area contributed by atoms with Gasteiger partial charge in [0.15, 0.2) is 5.96 Å². The number of carbonyl (C=O) groups excluding carboxylic acids is 1. The maximum absolute atomic E-state index is 12.7. The van der Waals surface area contributed by atoms with Crippen LogP contribution in [0.4, 0.5) is 5.69 Å². The van der Waals surface area contributed by atoms with Crippen LogP contribution in [-0.4, -0.2) is 44.7 Å². The van der Waals surface area contributed by atoms with Crippen molar-refractivity contribution in [2.24, 2.45) is 4.99 Å². The monoisotopic (exact) mass is 398 g/mol. The van der Waals surface area contributed by atoms with Gasteiger partial charge in [0.25, 0.3) is 0 Å². The fourth-order valence-electron chi connectivity index (χ4n) is 3.31. The van der Waals surface area contributed by atoms with Crippen molar-refractivity contribution in [3.63, 3.8) is 0 Å². The number of nitrogens with zero attached hydrogens (tertiary/aromatic N) is 2. The van der Waals surface area contributed by atoms with Crippen LogP contribution in [0.2, 0.25) is 0 Å². The Morgan fingerprint density at radius 2 is 2.14 bits per heavy atom. The third-order valence-electron chi connectivity index (χ3n) is 4.71. The number of carbonyl (C=O) groups is 1. The fourth-order valence-corrected chi connectivity index (χ4v) is 3.31. The number of hydrogen-bond acceptors (Lipinski definition) is 4. The molecule has 1 aliphatic heterocycles. The van der Waals surface area contributed by atoms with Crippen LogP contribution < -0.4 is 15.5 Å². The van der Waals surface area contributed by atoms with Crippen LogP contribution in [0.25, 0.3) is 0 Å². The Hall–Kier alpha value is -2.80. The largest absolute Gasteiger partial charge is 0.467 e. The molecule has 0 atom stereocenters. The summed E-state index contributed by atoms with van der Waals surface area (Å²) in [5.41, 5.74) is 2.25. The van der Waals surface area contributed by atoms with Crippen LogP contribution >= 0.6 is 0 Å². The summed E-state index contributed by atoms with van der Waals surface area (Å²) in [7, 11) is 0. The van der Waals surface area contributed by atoms with E-state index in [1.54, 1.807) is 6.26 Å². The predicted molar refractivity (Wildman–Crippen MR) is 114 cm³/mol. The second-order valence-corrected chi connectivity index (χ2v) is 6.89. The summed E-state index contributed by atoms with van der Waals surface area (Å²) in [5, 5.41) is 6.44. The summed E-state index contributed by atoms with van der Waals surface area (Å²) in [6.07, 6.45) is 4.49. The van der Waals surface area contributed by atoms with Gasteiger partial charge in [0.05, 0.1) is 6.26 Å². The lowest BCUT2D eigenvalue weighted by Gasteiger charge is -2.29. The molecular formula is C22H30N4O3. The number of aliphatic imine (C=N–C) groups is 1. The minimum atomic E-state index is 0.0242. The number of amides is 1. The molecule has 0 fully saturated rings. The highest BCUT2D eigenvalue weighted by molar-refractivity contribution is 5.97. The van der Waals surface area contributed by atoms with Crippen molar-refractivity contribution >= 4 is 17.6 Å². The molecule has 0 spiro atoms. The highest BCUT2D eigenvalue weighted by atomic mass is 16.5. The van der Waals surface area contributed by atoms with Gasteiger partial charge < -0.3 is 24.7 Å². The number of rotatable bonds is 9. The molecule has 2 heterocycles. The van der Waals surface area contributed by atoms with E-state index in [2.05, 4.69) is 21.7 Å². The van der Waals surface area contributed by atoms with Gasteiger partial charge in [-0.3, -0.25) is 4.79 Å². The number of para-hydroxylation sites is 1. The van der Waals surface area contributed by atoms with Gasteiger partial charge in [-0.1, -0.05) is 18.2 Å². The molecule has 7 heteroatoms. The van der Waals surface area contributed by atoms with E-state index in [0.29, 0.717) is 25.7 Å². The summed E-state index contributed by atoms with van der Waals surface area (Å²) >= 11 is 0. The van der Waals surface area contributed by atoms with Crippen LogP contribution in [0.3, 0.4) is 0 Å². The number of guanidine groups is 1. The van der Waals surface area contributed by atoms with E-state index in [9.17, 15) is 4.79 Å². The topological polar surface area (TPSA) is 79.1 Å². The molecule has 1 aromatic heterocycles. The molecule has 0 aliphatic carbocycles. The summed E-state index contributed by atoms with van der Waals surface area (Å²) in [5.74, 6) is 1.50. The Balaban J connectivity index is 1.43. The first kappa shape index (κ1) is 20.9. The Bertz CT molecular complexity index is 789. The zero-order chi connectivity index (χ0) is 20.3. The molecule has 0 saturated carbocycles. The second-order valence-electron chi connectivity index (χ2n) is 6.89. The van der Waals surface area contributed by atoms with E-state index in [1.807, 2.05) is 42.2 Å². The maximum Gasteiger partial charge on any atom is 0.248 e. The van der Waals surface area contributed by atoms with E-state index >= 15 is 0 Å². The standard InChI is InChI=1S/C22H30N4O3/c1-2-23-22(24-12-7-14-28-17-19-10-6-15-29-19)25-16-21(27)26-13-5-9-18-8-3-4-11-20(18)26/h3-4,6,8,10-11,15H,2,5,7,9,12-14,16-17H2,1H3,(H2,23,24,25). The molecule has 0 saturated heterocycles. The Morgan fingerprint density at radius 3 is 2.97 bits per heavy atom.